The van der Waals surface area contributed by atoms with Crippen molar-refractivity contribution in [1.29, 1.82) is 0 Å². The zero-order valence-corrected chi connectivity index (χ0v) is 17.0. The van der Waals surface area contributed by atoms with Gasteiger partial charge in [-0.25, -0.2) is 17.5 Å². The number of halogens is 1. The zero-order valence-electron chi connectivity index (χ0n) is 15.4. The molecule has 27 heavy (non-hydrogen) atoms. The van der Waals surface area contributed by atoms with Crippen molar-refractivity contribution in [3.05, 3.63) is 28.8 Å². The molecular formula is C16H22ClN3O6S. The van der Waals surface area contributed by atoms with Crippen LogP contribution in [0, 0.1) is 0 Å². The Hall–Kier alpha value is -2.17. The first-order chi connectivity index (χ1) is 12.5. The minimum Gasteiger partial charge on any atom is -0.452 e. The number of ether oxygens (including phenoxy) is 1. The van der Waals surface area contributed by atoms with E-state index in [9.17, 15) is 22.8 Å². The van der Waals surface area contributed by atoms with Crippen LogP contribution in [0.5, 0.6) is 0 Å². The smallest absolute Gasteiger partial charge is 0.340 e. The predicted molar refractivity (Wildman–Crippen MR) is 98.9 cm³/mol. The molecule has 0 radical (unpaired) electrons. The number of hydrogen-bond acceptors (Lipinski definition) is 6. The number of esters is 1. The normalized spacial score (nSPS) is 12.4. The third-order valence-electron chi connectivity index (χ3n) is 3.39. The van der Waals surface area contributed by atoms with Gasteiger partial charge in [-0.15, -0.1) is 0 Å². The van der Waals surface area contributed by atoms with Crippen molar-refractivity contribution in [2.24, 2.45) is 0 Å². The minimum absolute atomic E-state index is 0.0196. The summed E-state index contributed by atoms with van der Waals surface area (Å²) in [6, 6.07) is 2.80. The molecule has 0 aromatic heterocycles. The maximum absolute atomic E-state index is 12.2. The molecule has 1 rings (SSSR count). The predicted octanol–water partition coefficient (Wildman–Crippen LogP) is 0.388. The Morgan fingerprint density at radius 3 is 2.44 bits per heavy atom. The molecule has 11 heteroatoms. The molecule has 0 heterocycles. The number of sulfonamides is 1. The van der Waals surface area contributed by atoms with Crippen LogP contribution in [0.4, 0.5) is 0 Å². The molecule has 9 nitrogen and oxygen atoms in total. The Morgan fingerprint density at radius 2 is 1.89 bits per heavy atom. The summed E-state index contributed by atoms with van der Waals surface area (Å²) in [5, 5.41) is 4.89. The summed E-state index contributed by atoms with van der Waals surface area (Å²) in [6.07, 6.45) is 0. The van der Waals surface area contributed by atoms with Crippen molar-refractivity contribution >= 4 is 39.4 Å². The molecule has 0 unspecified atom stereocenters. The van der Waals surface area contributed by atoms with Gasteiger partial charge in [-0.3, -0.25) is 9.59 Å². The van der Waals surface area contributed by atoms with Crippen LogP contribution in [0.15, 0.2) is 23.1 Å². The van der Waals surface area contributed by atoms with Crippen molar-refractivity contribution in [1.82, 2.24) is 14.9 Å². The van der Waals surface area contributed by atoms with Crippen molar-refractivity contribution in [3.8, 4) is 0 Å². The minimum atomic E-state index is -3.77. The number of benzene rings is 1. The van der Waals surface area contributed by atoms with E-state index >= 15 is 0 Å². The lowest BCUT2D eigenvalue weighted by molar-refractivity contribution is -0.130. The Bertz CT molecular complexity index is 825. The second-order valence-corrected chi connectivity index (χ2v) is 8.25. The third-order valence-corrected chi connectivity index (χ3v) is 5.53. The number of amides is 2. The van der Waals surface area contributed by atoms with E-state index in [4.69, 9.17) is 16.3 Å². The van der Waals surface area contributed by atoms with E-state index in [-0.39, 0.29) is 21.4 Å². The van der Waals surface area contributed by atoms with Crippen LogP contribution in [0.3, 0.4) is 0 Å². The average Bonchev–Trinajstić information content (AvgIpc) is 2.59. The van der Waals surface area contributed by atoms with Gasteiger partial charge in [-0.05, 0) is 32.0 Å². The molecule has 0 bridgehead atoms. The third kappa shape index (κ3) is 6.19. The molecular weight excluding hydrogens is 398 g/mol. The highest BCUT2D eigenvalue weighted by Gasteiger charge is 2.22. The quantitative estimate of drug-likeness (QED) is 0.588. The first-order valence-electron chi connectivity index (χ1n) is 7.97. The van der Waals surface area contributed by atoms with Crippen molar-refractivity contribution in [3.63, 3.8) is 0 Å². The van der Waals surface area contributed by atoms with Gasteiger partial charge in [0.1, 0.15) is 6.04 Å². The fraction of sp³-hybridized carbons (Fsp3) is 0.438. The molecule has 0 saturated heterocycles. The molecule has 2 amide bonds. The van der Waals surface area contributed by atoms with Crippen LogP contribution >= 0.6 is 11.6 Å². The maximum Gasteiger partial charge on any atom is 0.340 e. The number of hydrogen-bond donors (Lipinski definition) is 2. The van der Waals surface area contributed by atoms with Gasteiger partial charge in [0.15, 0.2) is 6.61 Å². The summed E-state index contributed by atoms with van der Waals surface area (Å²) >= 11 is 5.93. The highest BCUT2D eigenvalue weighted by Crippen LogP contribution is 2.22. The fourth-order valence-corrected chi connectivity index (χ4v) is 3.04. The van der Waals surface area contributed by atoms with Crippen LogP contribution < -0.4 is 10.6 Å². The SMILES string of the molecule is CCNC(=O)[C@@H](C)NC(=O)COC(=O)c1cc(S(=O)(=O)N(C)C)ccc1Cl. The van der Waals surface area contributed by atoms with Crippen LogP contribution in [-0.4, -0.2) is 63.8 Å². The monoisotopic (exact) mass is 419 g/mol. The van der Waals surface area contributed by atoms with Crippen LogP contribution in [0.25, 0.3) is 0 Å². The van der Waals surface area contributed by atoms with E-state index in [1.807, 2.05) is 0 Å². The maximum atomic E-state index is 12.2. The Labute approximate surface area is 163 Å². The first-order valence-corrected chi connectivity index (χ1v) is 9.78. The lowest BCUT2D eigenvalue weighted by atomic mass is 10.2. The van der Waals surface area contributed by atoms with Crippen molar-refractivity contribution in [2.75, 3.05) is 27.2 Å². The van der Waals surface area contributed by atoms with Crippen LogP contribution in [0.2, 0.25) is 5.02 Å². The summed E-state index contributed by atoms with van der Waals surface area (Å²) < 4.78 is 30.2. The molecule has 0 saturated carbocycles. The van der Waals surface area contributed by atoms with E-state index < -0.39 is 34.5 Å². The Balaban J connectivity index is 2.81. The van der Waals surface area contributed by atoms with E-state index in [1.54, 1.807) is 6.92 Å². The second-order valence-electron chi connectivity index (χ2n) is 5.69. The van der Waals surface area contributed by atoms with Gasteiger partial charge in [0, 0.05) is 20.6 Å². The molecule has 0 spiro atoms. The fourth-order valence-electron chi connectivity index (χ4n) is 1.92. The van der Waals surface area contributed by atoms with Gasteiger partial charge in [0.05, 0.1) is 15.5 Å². The molecule has 1 aromatic carbocycles. The van der Waals surface area contributed by atoms with Crippen LogP contribution in [-0.2, 0) is 24.3 Å². The highest BCUT2D eigenvalue weighted by atomic mass is 35.5. The number of likely N-dealkylation sites (N-methyl/N-ethyl adjacent to an activating group) is 1. The van der Waals surface area contributed by atoms with Gasteiger partial charge in [0.2, 0.25) is 15.9 Å². The van der Waals surface area contributed by atoms with E-state index in [1.165, 1.54) is 33.2 Å². The molecule has 1 aromatic rings. The van der Waals surface area contributed by atoms with E-state index in [0.29, 0.717) is 6.54 Å². The standard InChI is InChI=1S/C16H22ClN3O6S/c1-5-18-15(22)10(2)19-14(21)9-26-16(23)12-8-11(6-7-13(12)17)27(24,25)20(3)4/h6-8,10H,5,9H2,1-4H3,(H,18,22)(H,19,21)/t10-/m1/s1. The molecule has 2 N–H and O–H groups in total. The topological polar surface area (TPSA) is 122 Å². The summed E-state index contributed by atoms with van der Waals surface area (Å²) in [5.74, 6) is -2.02. The number of carbonyl (C=O) groups excluding carboxylic acids is 3. The Morgan fingerprint density at radius 1 is 1.26 bits per heavy atom. The molecule has 0 aliphatic heterocycles. The van der Waals surface area contributed by atoms with Gasteiger partial charge in [-0.2, -0.15) is 0 Å². The van der Waals surface area contributed by atoms with Gasteiger partial charge in [0.25, 0.3) is 5.91 Å². The molecule has 1 atom stereocenters. The molecule has 150 valence electrons. The van der Waals surface area contributed by atoms with Gasteiger partial charge >= 0.3 is 5.97 Å². The lowest BCUT2D eigenvalue weighted by Crippen LogP contribution is -2.46. The average molecular weight is 420 g/mol. The summed E-state index contributed by atoms with van der Waals surface area (Å²) in [6.45, 7) is 2.99. The zero-order chi connectivity index (χ0) is 20.8. The van der Waals surface area contributed by atoms with Crippen LogP contribution in [0.1, 0.15) is 24.2 Å². The van der Waals surface area contributed by atoms with Crippen molar-refractivity contribution in [2.45, 2.75) is 24.8 Å². The highest BCUT2D eigenvalue weighted by molar-refractivity contribution is 7.89. The van der Waals surface area contributed by atoms with Gasteiger partial charge < -0.3 is 15.4 Å². The lowest BCUT2D eigenvalue weighted by Gasteiger charge is -2.14. The number of nitrogens with one attached hydrogen (secondary N) is 2. The summed E-state index contributed by atoms with van der Waals surface area (Å²) in [5.41, 5.74) is -0.191. The summed E-state index contributed by atoms with van der Waals surface area (Å²) in [4.78, 5) is 35.4. The number of nitrogens with zero attached hydrogens (tertiary/aromatic N) is 1. The van der Waals surface area contributed by atoms with Crippen molar-refractivity contribution < 1.29 is 27.5 Å². The largest absolute Gasteiger partial charge is 0.452 e. The number of carbonyl (C=O) groups is 3. The molecule has 0 aliphatic rings. The summed E-state index contributed by atoms with van der Waals surface area (Å²) in [7, 11) is -1.07. The Kier molecular flexibility index (Phi) is 8.20. The second kappa shape index (κ2) is 9.67. The first kappa shape index (κ1) is 22.9. The molecule has 0 aliphatic carbocycles. The van der Waals surface area contributed by atoms with Gasteiger partial charge in [-0.1, -0.05) is 11.6 Å². The molecule has 0 fully saturated rings. The van der Waals surface area contributed by atoms with E-state index in [0.717, 1.165) is 10.4 Å². The number of rotatable bonds is 8. The van der Waals surface area contributed by atoms with E-state index in [2.05, 4.69) is 10.6 Å².